The molecule has 2 fully saturated rings. The molecule has 2 atom stereocenters. The van der Waals surface area contributed by atoms with Crippen LogP contribution in [0.1, 0.15) is 54.4 Å². The Labute approximate surface area is 132 Å². The van der Waals surface area contributed by atoms with E-state index in [1.165, 1.54) is 0 Å². The number of ether oxygens (including phenoxy) is 2. The third kappa shape index (κ3) is 3.84. The van der Waals surface area contributed by atoms with E-state index in [2.05, 4.69) is 0 Å². The molecule has 126 valence electrons. The molecule has 2 amide bonds. The molecule has 1 heterocycles. The van der Waals surface area contributed by atoms with Crippen LogP contribution in [0.25, 0.3) is 0 Å². The first-order valence-electron chi connectivity index (χ1n) is 7.97. The van der Waals surface area contributed by atoms with Crippen LogP contribution >= 0.6 is 0 Å². The van der Waals surface area contributed by atoms with Gasteiger partial charge in [-0.25, -0.2) is 9.59 Å². The summed E-state index contributed by atoms with van der Waals surface area (Å²) >= 11 is 0. The van der Waals surface area contributed by atoms with Gasteiger partial charge in [0.2, 0.25) is 0 Å². The standard InChI is InChI=1S/C16H28N2O4/c1-15(2,3)21-13(19)17-9-10-18(12-8-7-11(12)17)14(20)22-16(4,5)6/h11-12H,7-10H2,1-6H3. The van der Waals surface area contributed by atoms with Crippen molar-refractivity contribution in [3.8, 4) is 0 Å². The molecular formula is C16H28N2O4. The van der Waals surface area contributed by atoms with Crippen molar-refractivity contribution in [1.82, 2.24) is 9.80 Å². The van der Waals surface area contributed by atoms with Gasteiger partial charge in [-0.15, -0.1) is 0 Å². The fourth-order valence-corrected chi connectivity index (χ4v) is 2.83. The van der Waals surface area contributed by atoms with E-state index in [-0.39, 0.29) is 24.3 Å². The lowest BCUT2D eigenvalue weighted by Gasteiger charge is -2.53. The minimum Gasteiger partial charge on any atom is -0.444 e. The fraction of sp³-hybridized carbons (Fsp3) is 0.875. The van der Waals surface area contributed by atoms with Crippen LogP contribution in [0, 0.1) is 0 Å². The normalized spacial score (nSPS) is 25.2. The highest BCUT2D eigenvalue weighted by molar-refractivity contribution is 5.72. The fourth-order valence-electron chi connectivity index (χ4n) is 2.83. The predicted molar refractivity (Wildman–Crippen MR) is 82.7 cm³/mol. The molecule has 0 N–H and O–H groups in total. The lowest BCUT2D eigenvalue weighted by molar-refractivity contribution is -0.0604. The van der Waals surface area contributed by atoms with Crippen molar-refractivity contribution >= 4 is 12.2 Å². The first kappa shape index (κ1) is 16.9. The molecule has 1 saturated heterocycles. The van der Waals surface area contributed by atoms with E-state index < -0.39 is 11.2 Å². The van der Waals surface area contributed by atoms with Gasteiger partial charge in [0.15, 0.2) is 0 Å². The summed E-state index contributed by atoms with van der Waals surface area (Å²) in [5, 5.41) is 0. The third-order valence-corrected chi connectivity index (χ3v) is 3.84. The Balaban J connectivity index is 1.99. The number of hydrogen-bond acceptors (Lipinski definition) is 4. The summed E-state index contributed by atoms with van der Waals surface area (Å²) < 4.78 is 10.9. The molecular weight excluding hydrogens is 284 g/mol. The lowest BCUT2D eigenvalue weighted by atomic mass is 9.82. The van der Waals surface area contributed by atoms with Gasteiger partial charge in [-0.05, 0) is 54.4 Å². The molecule has 6 heteroatoms. The van der Waals surface area contributed by atoms with E-state index in [0.29, 0.717) is 13.1 Å². The Morgan fingerprint density at radius 3 is 1.32 bits per heavy atom. The Morgan fingerprint density at radius 2 is 1.09 bits per heavy atom. The summed E-state index contributed by atoms with van der Waals surface area (Å²) in [6.07, 6.45) is 1.24. The van der Waals surface area contributed by atoms with Crippen LogP contribution in [0.3, 0.4) is 0 Å². The molecule has 0 spiro atoms. The van der Waals surface area contributed by atoms with Crippen LogP contribution in [0.15, 0.2) is 0 Å². The van der Waals surface area contributed by atoms with Gasteiger partial charge in [0.05, 0.1) is 12.1 Å². The van der Waals surface area contributed by atoms with Crippen LogP contribution in [-0.2, 0) is 9.47 Å². The molecule has 1 aliphatic carbocycles. The summed E-state index contributed by atoms with van der Waals surface area (Å²) in [7, 11) is 0. The van der Waals surface area contributed by atoms with Crippen molar-refractivity contribution in [2.45, 2.75) is 77.7 Å². The third-order valence-electron chi connectivity index (χ3n) is 3.84. The quantitative estimate of drug-likeness (QED) is 0.690. The molecule has 2 aliphatic rings. The topological polar surface area (TPSA) is 59.1 Å². The average Bonchev–Trinajstić information content (AvgIpc) is 2.24. The molecule has 2 unspecified atom stereocenters. The lowest BCUT2D eigenvalue weighted by Crippen LogP contribution is -2.67. The van der Waals surface area contributed by atoms with Crippen molar-refractivity contribution in [2.75, 3.05) is 13.1 Å². The van der Waals surface area contributed by atoms with Gasteiger partial charge in [-0.1, -0.05) is 0 Å². The summed E-state index contributed by atoms with van der Waals surface area (Å²) in [5.74, 6) is 0. The van der Waals surface area contributed by atoms with E-state index in [9.17, 15) is 9.59 Å². The number of amides is 2. The average molecular weight is 312 g/mol. The highest BCUT2D eigenvalue weighted by Gasteiger charge is 2.48. The number of piperazine rings is 1. The van der Waals surface area contributed by atoms with Crippen LogP contribution in [0.4, 0.5) is 9.59 Å². The largest absolute Gasteiger partial charge is 0.444 e. The number of nitrogens with zero attached hydrogens (tertiary/aromatic N) is 2. The Hall–Kier alpha value is -1.46. The van der Waals surface area contributed by atoms with Crippen molar-refractivity contribution in [2.24, 2.45) is 0 Å². The van der Waals surface area contributed by atoms with Gasteiger partial charge < -0.3 is 19.3 Å². The summed E-state index contributed by atoms with van der Waals surface area (Å²) in [5.41, 5.74) is -1.00. The van der Waals surface area contributed by atoms with Gasteiger partial charge in [-0.2, -0.15) is 0 Å². The van der Waals surface area contributed by atoms with Gasteiger partial charge in [0.25, 0.3) is 0 Å². The molecule has 0 radical (unpaired) electrons. The Bertz CT molecular complexity index is 408. The van der Waals surface area contributed by atoms with Gasteiger partial charge >= 0.3 is 12.2 Å². The zero-order chi connectivity index (χ0) is 16.7. The van der Waals surface area contributed by atoms with E-state index in [0.717, 1.165) is 12.8 Å². The highest BCUT2D eigenvalue weighted by Crippen LogP contribution is 2.35. The molecule has 0 aromatic carbocycles. The van der Waals surface area contributed by atoms with Crippen LogP contribution in [0.2, 0.25) is 0 Å². The Kier molecular flexibility index (Phi) is 4.33. The monoisotopic (exact) mass is 312 g/mol. The van der Waals surface area contributed by atoms with Crippen molar-refractivity contribution in [1.29, 1.82) is 0 Å². The van der Waals surface area contributed by atoms with Crippen molar-refractivity contribution in [3.05, 3.63) is 0 Å². The minimum atomic E-state index is -0.501. The highest BCUT2D eigenvalue weighted by atomic mass is 16.6. The second-order valence-electron chi connectivity index (χ2n) is 8.06. The van der Waals surface area contributed by atoms with Crippen LogP contribution in [-0.4, -0.2) is 58.4 Å². The number of hydrogen-bond donors (Lipinski definition) is 0. The number of fused-ring (bicyclic) bond motifs is 1. The minimum absolute atomic E-state index is 0.0520. The van der Waals surface area contributed by atoms with E-state index in [1.807, 2.05) is 41.5 Å². The smallest absolute Gasteiger partial charge is 0.410 e. The van der Waals surface area contributed by atoms with E-state index in [4.69, 9.17) is 9.47 Å². The molecule has 1 aliphatic heterocycles. The molecule has 0 aromatic rings. The first-order chi connectivity index (χ1) is 9.98. The van der Waals surface area contributed by atoms with Crippen LogP contribution in [0.5, 0.6) is 0 Å². The summed E-state index contributed by atoms with van der Waals surface area (Å²) in [4.78, 5) is 28.1. The van der Waals surface area contributed by atoms with E-state index in [1.54, 1.807) is 9.80 Å². The second-order valence-corrected chi connectivity index (χ2v) is 8.06. The maximum absolute atomic E-state index is 12.3. The zero-order valence-electron chi connectivity index (χ0n) is 14.5. The number of carbonyl (C=O) groups excluding carboxylic acids is 2. The Morgan fingerprint density at radius 1 is 0.773 bits per heavy atom. The van der Waals surface area contributed by atoms with Gasteiger partial charge in [0, 0.05) is 13.1 Å². The SMILES string of the molecule is CC(C)(C)OC(=O)N1CCN(C(=O)OC(C)(C)C)C2CCC21. The second kappa shape index (κ2) is 5.63. The van der Waals surface area contributed by atoms with Crippen molar-refractivity contribution < 1.29 is 19.1 Å². The van der Waals surface area contributed by atoms with Gasteiger partial charge in [-0.3, -0.25) is 0 Å². The molecule has 0 aromatic heterocycles. The molecule has 2 rings (SSSR count). The zero-order valence-corrected chi connectivity index (χ0v) is 14.5. The predicted octanol–water partition coefficient (Wildman–Crippen LogP) is 3.01. The summed E-state index contributed by atoms with van der Waals surface area (Å²) in [6.45, 7) is 12.2. The summed E-state index contributed by atoms with van der Waals surface area (Å²) in [6, 6.07) is 0.104. The molecule has 6 nitrogen and oxygen atoms in total. The van der Waals surface area contributed by atoms with E-state index >= 15 is 0 Å². The molecule has 0 bridgehead atoms. The molecule has 1 saturated carbocycles. The van der Waals surface area contributed by atoms with Crippen LogP contribution < -0.4 is 0 Å². The van der Waals surface area contributed by atoms with Crippen molar-refractivity contribution in [3.63, 3.8) is 0 Å². The first-order valence-corrected chi connectivity index (χ1v) is 7.97. The van der Waals surface area contributed by atoms with Gasteiger partial charge in [0.1, 0.15) is 11.2 Å². The maximum atomic E-state index is 12.3. The number of carbonyl (C=O) groups is 2. The maximum Gasteiger partial charge on any atom is 0.410 e. The number of rotatable bonds is 0. The molecule has 22 heavy (non-hydrogen) atoms.